The van der Waals surface area contributed by atoms with Crippen molar-refractivity contribution in [2.45, 2.75) is 20.3 Å². The number of aryl methyl sites for hydroxylation is 1. The Labute approximate surface area is 90.1 Å². The van der Waals surface area contributed by atoms with Gasteiger partial charge in [-0.1, -0.05) is 0 Å². The zero-order valence-electron chi connectivity index (χ0n) is 9.50. The summed E-state index contributed by atoms with van der Waals surface area (Å²) in [7, 11) is 1.69. The molecule has 1 aromatic heterocycles. The fraction of sp³-hybridized carbons (Fsp3) is 0.600. The summed E-state index contributed by atoms with van der Waals surface area (Å²) in [6, 6.07) is 0. The van der Waals surface area contributed by atoms with Gasteiger partial charge in [-0.25, -0.2) is 9.97 Å². The van der Waals surface area contributed by atoms with E-state index in [1.807, 2.05) is 13.8 Å². The highest BCUT2D eigenvalue weighted by Gasteiger charge is 2.05. The van der Waals surface area contributed by atoms with Gasteiger partial charge >= 0.3 is 0 Å². The lowest BCUT2D eigenvalue weighted by atomic mass is 10.3. The number of hydrogen-bond acceptors (Lipinski definition) is 5. The van der Waals surface area contributed by atoms with Gasteiger partial charge in [-0.05, 0) is 20.3 Å². The van der Waals surface area contributed by atoms with E-state index in [-0.39, 0.29) is 0 Å². The largest absolute Gasteiger partial charge is 0.385 e. The normalized spacial score (nSPS) is 10.3. The van der Waals surface area contributed by atoms with Crippen molar-refractivity contribution < 1.29 is 4.74 Å². The van der Waals surface area contributed by atoms with Crippen molar-refractivity contribution in [3.8, 4) is 0 Å². The summed E-state index contributed by atoms with van der Waals surface area (Å²) < 4.78 is 4.96. The molecule has 0 atom stereocenters. The molecule has 1 heterocycles. The van der Waals surface area contributed by atoms with Gasteiger partial charge in [0, 0.05) is 25.8 Å². The molecule has 0 bridgehead atoms. The molecule has 0 aliphatic rings. The lowest BCUT2D eigenvalue weighted by Crippen LogP contribution is -2.10. The molecule has 0 aromatic carbocycles. The molecular formula is C10H18N4O. The Morgan fingerprint density at radius 2 is 2.07 bits per heavy atom. The van der Waals surface area contributed by atoms with Crippen LogP contribution in [-0.4, -0.2) is 30.2 Å². The van der Waals surface area contributed by atoms with E-state index in [4.69, 9.17) is 10.5 Å². The van der Waals surface area contributed by atoms with Crippen LogP contribution in [0.25, 0.3) is 0 Å². The minimum Gasteiger partial charge on any atom is -0.385 e. The first-order chi connectivity index (χ1) is 7.15. The number of ether oxygens (including phenoxy) is 1. The summed E-state index contributed by atoms with van der Waals surface area (Å²) in [6.45, 7) is 5.31. The first kappa shape index (κ1) is 11.7. The predicted octanol–water partition coefficient (Wildman–Crippen LogP) is 1.12. The van der Waals surface area contributed by atoms with Gasteiger partial charge in [-0.3, -0.25) is 0 Å². The third-order valence-electron chi connectivity index (χ3n) is 2.11. The molecule has 0 spiro atoms. The van der Waals surface area contributed by atoms with E-state index in [0.717, 1.165) is 31.0 Å². The molecule has 0 unspecified atom stereocenters. The number of rotatable bonds is 5. The van der Waals surface area contributed by atoms with Gasteiger partial charge in [0.05, 0.1) is 0 Å². The van der Waals surface area contributed by atoms with Crippen LogP contribution in [0.1, 0.15) is 17.8 Å². The molecule has 5 heteroatoms. The van der Waals surface area contributed by atoms with E-state index in [9.17, 15) is 0 Å². The van der Waals surface area contributed by atoms with E-state index in [1.54, 1.807) is 7.11 Å². The van der Waals surface area contributed by atoms with Gasteiger partial charge in [0.2, 0.25) is 0 Å². The average Bonchev–Trinajstić information content (AvgIpc) is 2.19. The van der Waals surface area contributed by atoms with E-state index < -0.39 is 0 Å². The number of nitrogens with two attached hydrogens (primary N) is 1. The summed E-state index contributed by atoms with van der Waals surface area (Å²) in [6.07, 6.45) is 0.943. The van der Waals surface area contributed by atoms with Gasteiger partial charge in [-0.2, -0.15) is 0 Å². The lowest BCUT2D eigenvalue weighted by molar-refractivity contribution is 0.197. The van der Waals surface area contributed by atoms with Crippen molar-refractivity contribution in [2.24, 2.45) is 0 Å². The number of aromatic nitrogens is 2. The SMILES string of the molecule is COCCCNc1nc(C)nc(N)c1C. The summed E-state index contributed by atoms with van der Waals surface area (Å²) >= 11 is 0. The maximum absolute atomic E-state index is 5.74. The predicted molar refractivity (Wildman–Crippen MR) is 60.9 cm³/mol. The second-order valence-electron chi connectivity index (χ2n) is 3.40. The molecule has 0 amide bonds. The highest BCUT2D eigenvalue weighted by molar-refractivity contribution is 5.54. The van der Waals surface area contributed by atoms with Crippen LogP contribution in [0.5, 0.6) is 0 Å². The molecule has 0 saturated heterocycles. The highest BCUT2D eigenvalue weighted by Crippen LogP contribution is 2.16. The van der Waals surface area contributed by atoms with Gasteiger partial charge in [-0.15, -0.1) is 0 Å². The quantitative estimate of drug-likeness (QED) is 0.712. The van der Waals surface area contributed by atoms with Crippen LogP contribution in [0, 0.1) is 13.8 Å². The molecule has 0 saturated carbocycles. The van der Waals surface area contributed by atoms with Gasteiger partial charge in [0.15, 0.2) is 0 Å². The Bertz CT molecular complexity index is 327. The zero-order valence-corrected chi connectivity index (χ0v) is 9.50. The summed E-state index contributed by atoms with van der Waals surface area (Å²) in [5.41, 5.74) is 6.64. The van der Waals surface area contributed by atoms with Crippen LogP contribution >= 0.6 is 0 Å². The standard InChI is InChI=1S/C10H18N4O/c1-7-9(11)13-8(2)14-10(7)12-5-4-6-15-3/h4-6H2,1-3H3,(H3,11,12,13,14). The number of nitrogens with zero attached hydrogens (tertiary/aromatic N) is 2. The molecule has 3 N–H and O–H groups in total. The van der Waals surface area contributed by atoms with Gasteiger partial charge in [0.25, 0.3) is 0 Å². The molecule has 0 radical (unpaired) electrons. The fourth-order valence-electron chi connectivity index (χ4n) is 1.25. The number of anilines is 2. The van der Waals surface area contributed by atoms with Crippen molar-refractivity contribution in [3.63, 3.8) is 0 Å². The second-order valence-corrected chi connectivity index (χ2v) is 3.40. The topological polar surface area (TPSA) is 73.1 Å². The van der Waals surface area contributed by atoms with Crippen molar-refractivity contribution in [1.82, 2.24) is 9.97 Å². The van der Waals surface area contributed by atoms with Crippen molar-refractivity contribution in [2.75, 3.05) is 31.3 Å². The smallest absolute Gasteiger partial charge is 0.134 e. The minimum absolute atomic E-state index is 0.539. The van der Waals surface area contributed by atoms with E-state index in [1.165, 1.54) is 0 Å². The number of nitrogen functional groups attached to an aromatic ring is 1. The van der Waals surface area contributed by atoms with Crippen molar-refractivity contribution in [1.29, 1.82) is 0 Å². The monoisotopic (exact) mass is 210 g/mol. The third-order valence-corrected chi connectivity index (χ3v) is 2.11. The Kier molecular flexibility index (Phi) is 4.30. The lowest BCUT2D eigenvalue weighted by Gasteiger charge is -2.10. The summed E-state index contributed by atoms with van der Waals surface area (Å²) in [5.74, 6) is 2.04. The third kappa shape index (κ3) is 3.36. The second kappa shape index (κ2) is 5.50. The number of methoxy groups -OCH3 is 1. The number of hydrogen-bond donors (Lipinski definition) is 2. The molecule has 1 aromatic rings. The van der Waals surface area contributed by atoms with Crippen LogP contribution < -0.4 is 11.1 Å². The molecule has 84 valence electrons. The average molecular weight is 210 g/mol. The van der Waals surface area contributed by atoms with Crippen LogP contribution in [0.4, 0.5) is 11.6 Å². The Hall–Kier alpha value is -1.36. The molecule has 0 fully saturated rings. The Morgan fingerprint density at radius 3 is 2.73 bits per heavy atom. The van der Waals surface area contributed by atoms with Crippen LogP contribution in [0.15, 0.2) is 0 Å². The molecule has 0 aliphatic carbocycles. The number of nitrogens with one attached hydrogen (secondary N) is 1. The van der Waals surface area contributed by atoms with Gasteiger partial charge < -0.3 is 15.8 Å². The minimum atomic E-state index is 0.539. The highest BCUT2D eigenvalue weighted by atomic mass is 16.5. The molecule has 0 aliphatic heterocycles. The summed E-state index contributed by atoms with van der Waals surface area (Å²) in [5, 5.41) is 3.22. The van der Waals surface area contributed by atoms with Crippen molar-refractivity contribution in [3.05, 3.63) is 11.4 Å². The zero-order chi connectivity index (χ0) is 11.3. The molecular weight excluding hydrogens is 192 g/mol. The Morgan fingerprint density at radius 1 is 1.33 bits per heavy atom. The van der Waals surface area contributed by atoms with E-state index in [2.05, 4.69) is 15.3 Å². The maximum Gasteiger partial charge on any atom is 0.134 e. The summed E-state index contributed by atoms with van der Waals surface area (Å²) in [4.78, 5) is 8.37. The van der Waals surface area contributed by atoms with Crippen LogP contribution in [-0.2, 0) is 4.74 Å². The maximum atomic E-state index is 5.74. The first-order valence-electron chi connectivity index (χ1n) is 4.98. The molecule has 5 nitrogen and oxygen atoms in total. The molecule has 15 heavy (non-hydrogen) atoms. The van der Waals surface area contributed by atoms with E-state index >= 15 is 0 Å². The first-order valence-corrected chi connectivity index (χ1v) is 4.98. The van der Waals surface area contributed by atoms with Crippen molar-refractivity contribution >= 4 is 11.6 Å². The van der Waals surface area contributed by atoms with Crippen LogP contribution in [0.2, 0.25) is 0 Å². The fourth-order valence-corrected chi connectivity index (χ4v) is 1.25. The van der Waals surface area contributed by atoms with Crippen LogP contribution in [0.3, 0.4) is 0 Å². The van der Waals surface area contributed by atoms with E-state index in [0.29, 0.717) is 11.6 Å². The Balaban J connectivity index is 2.60. The molecule has 1 rings (SSSR count). The van der Waals surface area contributed by atoms with Gasteiger partial charge in [0.1, 0.15) is 17.5 Å².